The molecule has 212 valence electrons. The first kappa shape index (κ1) is 31.9. The van der Waals surface area contributed by atoms with E-state index in [0.717, 1.165) is 0 Å². The molecule has 0 heterocycles. The number of hydrogen-bond donors (Lipinski definition) is 0. The van der Waals surface area contributed by atoms with Crippen LogP contribution in [-0.4, -0.2) is 3.21 Å². The van der Waals surface area contributed by atoms with Gasteiger partial charge in [-0.25, -0.2) is 6.08 Å². The molecule has 0 spiro atoms. The second-order valence-electron chi connectivity index (χ2n) is 12.4. The van der Waals surface area contributed by atoms with Gasteiger partial charge in [0.1, 0.15) is 0 Å². The summed E-state index contributed by atoms with van der Waals surface area (Å²) in [5, 5.41) is 5.27. The van der Waals surface area contributed by atoms with Crippen molar-refractivity contribution < 1.29 is 24.2 Å². The molecule has 42 heavy (non-hydrogen) atoms. The fourth-order valence-corrected chi connectivity index (χ4v) is 5.21. The molecular weight excluding hydrogens is 584 g/mol. The van der Waals surface area contributed by atoms with Gasteiger partial charge in [0.05, 0.1) is 0 Å². The zero-order valence-electron chi connectivity index (χ0n) is 26.2. The third-order valence-corrected chi connectivity index (χ3v) is 7.49. The van der Waals surface area contributed by atoms with Crippen molar-refractivity contribution in [3.8, 4) is 22.3 Å². The van der Waals surface area contributed by atoms with E-state index in [0.29, 0.717) is 11.3 Å². The molecule has 5 aromatic carbocycles. The van der Waals surface area contributed by atoms with E-state index >= 15 is 0 Å². The molecule has 0 saturated carbocycles. The van der Waals surface area contributed by atoms with Crippen LogP contribution in [0, 0.1) is 17.4 Å². The monoisotopic (exact) mass is 626 g/mol. The standard InChI is InChI=1S/C25H17.C13H21.C3H6.Zr/c1-3-7-18(8-4-1)20-11-13-24-22(15-20)17-23-16-21(12-14-25(23)24)19-9-5-2-6-10-19;1-5-6-7-11-8-9-12(10-11)13(2,3)4;1-3-2;/h1-17H;9-11H,5-7H2,1-4H3;1-2H3;/q2*-1;;+2. The maximum Gasteiger partial charge on any atom is -0.0259 e. The molecule has 0 N–H and O–H groups in total. The molecule has 1 unspecified atom stereocenters. The maximum absolute atomic E-state index is 3.43. The molecule has 1 atom stereocenters. The summed E-state index contributed by atoms with van der Waals surface area (Å²) >= 11 is 1.55. The van der Waals surface area contributed by atoms with Crippen LogP contribution in [0.3, 0.4) is 0 Å². The Morgan fingerprint density at radius 1 is 0.738 bits per heavy atom. The summed E-state index contributed by atoms with van der Waals surface area (Å²) in [7, 11) is 0. The Balaban J connectivity index is 0.000000201. The van der Waals surface area contributed by atoms with Crippen LogP contribution in [0.5, 0.6) is 0 Å². The SMILES string of the molecule is CCCCC1[C-]=CC(C(C)(C)C)=C1.C[C](C)=[Zr+2].c1ccc(-c2ccc3c(c2)[cH-]c2cc(-c4ccccc4)ccc23)cc1. The summed E-state index contributed by atoms with van der Waals surface area (Å²) in [4.78, 5) is 0. The summed E-state index contributed by atoms with van der Waals surface area (Å²) in [6.07, 6.45) is 11.9. The molecule has 0 amide bonds. The number of benzene rings is 4. The molecule has 0 saturated heterocycles. The van der Waals surface area contributed by atoms with Crippen LogP contribution in [0.25, 0.3) is 43.8 Å². The largest absolute Gasteiger partial charge is 0.126 e. The van der Waals surface area contributed by atoms with Crippen molar-refractivity contribution in [2.75, 3.05) is 0 Å². The van der Waals surface area contributed by atoms with E-state index in [2.05, 4.69) is 163 Å². The molecule has 1 aliphatic rings. The van der Waals surface area contributed by atoms with Gasteiger partial charge >= 0.3 is 41.3 Å². The van der Waals surface area contributed by atoms with E-state index in [-0.39, 0.29) is 0 Å². The fraction of sp³-hybridized carbons (Fsp3) is 0.268. The Morgan fingerprint density at radius 2 is 1.21 bits per heavy atom. The van der Waals surface area contributed by atoms with Gasteiger partial charge in [0.25, 0.3) is 0 Å². The van der Waals surface area contributed by atoms with Gasteiger partial charge in [-0.3, -0.25) is 6.08 Å². The molecule has 0 bridgehead atoms. The quantitative estimate of drug-likeness (QED) is 0.170. The van der Waals surface area contributed by atoms with Crippen LogP contribution in [-0.2, 0) is 24.2 Å². The Morgan fingerprint density at radius 3 is 1.62 bits per heavy atom. The summed E-state index contributed by atoms with van der Waals surface area (Å²) in [5.41, 5.74) is 6.82. The molecule has 1 heteroatoms. The third kappa shape index (κ3) is 8.75. The van der Waals surface area contributed by atoms with Gasteiger partial charge < -0.3 is 0 Å². The molecule has 0 nitrogen and oxygen atoms in total. The number of fused-ring (bicyclic) bond motifs is 3. The molecule has 6 rings (SSSR count). The fourth-order valence-electron chi connectivity index (χ4n) is 5.21. The van der Waals surface area contributed by atoms with Crippen molar-refractivity contribution in [1.82, 2.24) is 0 Å². The van der Waals surface area contributed by atoms with E-state index in [1.54, 1.807) is 24.2 Å². The number of allylic oxidation sites excluding steroid dienone is 4. The Hall–Kier alpha value is -3.02. The number of unbranched alkanes of at least 4 members (excludes halogenated alkanes) is 1. The molecule has 0 aliphatic heterocycles. The normalized spacial score (nSPS) is 14.2. The predicted molar refractivity (Wildman–Crippen MR) is 183 cm³/mol. The van der Waals surface area contributed by atoms with Crippen LogP contribution >= 0.6 is 0 Å². The van der Waals surface area contributed by atoms with Crippen LogP contribution in [0.15, 0.2) is 121 Å². The predicted octanol–water partition coefficient (Wildman–Crippen LogP) is 11.9. The Kier molecular flexibility index (Phi) is 11.3. The average Bonchev–Trinajstić information content (AvgIpc) is 3.61. The second kappa shape index (κ2) is 14.9. The van der Waals surface area contributed by atoms with Gasteiger partial charge in [-0.2, -0.15) is 11.6 Å². The minimum absolute atomic E-state index is 0.300. The van der Waals surface area contributed by atoms with Gasteiger partial charge in [-0.05, 0) is 11.1 Å². The Labute approximate surface area is 268 Å². The summed E-state index contributed by atoms with van der Waals surface area (Å²) in [6, 6.07) is 37.0. The van der Waals surface area contributed by atoms with Crippen molar-refractivity contribution >= 4 is 24.8 Å². The molecule has 1 aliphatic carbocycles. The molecule has 0 radical (unpaired) electrons. The van der Waals surface area contributed by atoms with Gasteiger partial charge in [-0.15, -0.1) is 39.7 Å². The van der Waals surface area contributed by atoms with E-state index < -0.39 is 0 Å². The van der Waals surface area contributed by atoms with E-state index in [9.17, 15) is 0 Å². The van der Waals surface area contributed by atoms with E-state index in [1.807, 2.05) is 0 Å². The smallest absolute Gasteiger partial charge is 0.0259 e. The Bertz CT molecular complexity index is 1560. The third-order valence-electron chi connectivity index (χ3n) is 7.49. The van der Waals surface area contributed by atoms with Crippen LogP contribution < -0.4 is 0 Å². The molecular formula is C41H44Zr. The van der Waals surface area contributed by atoms with Gasteiger partial charge in [-0.1, -0.05) is 154 Å². The molecule has 0 fully saturated rings. The number of rotatable bonds is 5. The van der Waals surface area contributed by atoms with Crippen molar-refractivity contribution in [1.29, 1.82) is 0 Å². The van der Waals surface area contributed by atoms with E-state index in [1.165, 1.54) is 71.8 Å². The zero-order valence-corrected chi connectivity index (χ0v) is 28.6. The first-order valence-electron chi connectivity index (χ1n) is 15.2. The van der Waals surface area contributed by atoms with Gasteiger partial charge in [0, 0.05) is 0 Å². The van der Waals surface area contributed by atoms with Crippen LogP contribution in [0.2, 0.25) is 0 Å². The topological polar surface area (TPSA) is 0 Å². The maximum atomic E-state index is 3.43. The summed E-state index contributed by atoms with van der Waals surface area (Å²) < 4.78 is 1.51. The van der Waals surface area contributed by atoms with Crippen molar-refractivity contribution in [3.63, 3.8) is 0 Å². The first-order chi connectivity index (χ1) is 20.2. The average molecular weight is 628 g/mol. The van der Waals surface area contributed by atoms with Crippen LogP contribution in [0.4, 0.5) is 0 Å². The van der Waals surface area contributed by atoms with Gasteiger partial charge in [0.2, 0.25) is 0 Å². The van der Waals surface area contributed by atoms with E-state index in [4.69, 9.17) is 0 Å². The minimum Gasteiger partial charge on any atom is -0.126 e. The second-order valence-corrected chi connectivity index (χ2v) is 14.9. The summed E-state index contributed by atoms with van der Waals surface area (Å²) in [6.45, 7) is 13.3. The minimum atomic E-state index is 0.300. The van der Waals surface area contributed by atoms with Crippen molar-refractivity contribution in [2.45, 2.75) is 60.8 Å². The van der Waals surface area contributed by atoms with Crippen LogP contribution in [0.1, 0.15) is 60.8 Å². The van der Waals surface area contributed by atoms with Crippen molar-refractivity contribution in [3.05, 3.63) is 127 Å². The van der Waals surface area contributed by atoms with Gasteiger partial charge in [0.15, 0.2) is 0 Å². The zero-order chi connectivity index (χ0) is 30.1. The first-order valence-corrected chi connectivity index (χ1v) is 16.5. The molecule has 5 aromatic rings. The van der Waals surface area contributed by atoms with Crippen molar-refractivity contribution in [2.24, 2.45) is 11.3 Å². The number of hydrogen-bond acceptors (Lipinski definition) is 0. The summed E-state index contributed by atoms with van der Waals surface area (Å²) in [5.74, 6) is 0.592. The molecule has 0 aromatic heterocycles.